The van der Waals surface area contributed by atoms with Gasteiger partial charge in [0.1, 0.15) is 5.82 Å². The zero-order valence-corrected chi connectivity index (χ0v) is 12.8. The van der Waals surface area contributed by atoms with Crippen LogP contribution in [0, 0.1) is 6.92 Å². The molecule has 116 valence electrons. The van der Waals surface area contributed by atoms with Gasteiger partial charge in [0.05, 0.1) is 0 Å². The quantitative estimate of drug-likeness (QED) is 0.778. The highest BCUT2D eigenvalue weighted by Crippen LogP contribution is 2.14. The lowest BCUT2D eigenvalue weighted by atomic mass is 10.1. The summed E-state index contributed by atoms with van der Waals surface area (Å²) in [6, 6.07) is 13.1. The normalized spacial score (nSPS) is 10.7. The van der Waals surface area contributed by atoms with Gasteiger partial charge in [0.2, 0.25) is 5.91 Å². The number of fused-ring (bicyclic) bond motifs is 1. The maximum absolute atomic E-state index is 12.1. The van der Waals surface area contributed by atoms with Crippen molar-refractivity contribution < 1.29 is 4.79 Å². The second-order valence-corrected chi connectivity index (χ2v) is 5.48. The Hall–Kier alpha value is -2.95. The van der Waals surface area contributed by atoms with Gasteiger partial charge >= 0.3 is 0 Å². The van der Waals surface area contributed by atoms with E-state index in [-0.39, 0.29) is 17.9 Å². The maximum atomic E-state index is 12.1. The average Bonchev–Trinajstić information content (AvgIpc) is 2.54. The molecule has 0 radical (unpaired) electrons. The van der Waals surface area contributed by atoms with Crippen molar-refractivity contribution in [2.75, 3.05) is 5.32 Å². The number of H-pyrrole nitrogens is 1. The second kappa shape index (κ2) is 6.44. The molecule has 2 N–H and O–H groups in total. The second-order valence-electron chi connectivity index (χ2n) is 5.48. The van der Waals surface area contributed by atoms with Gasteiger partial charge in [0.25, 0.3) is 5.56 Å². The Labute approximate surface area is 133 Å². The van der Waals surface area contributed by atoms with Crippen LogP contribution in [0.3, 0.4) is 0 Å². The number of aryl methyl sites for hydroxylation is 2. The summed E-state index contributed by atoms with van der Waals surface area (Å²) in [7, 11) is 0. The molecule has 0 aliphatic rings. The summed E-state index contributed by atoms with van der Waals surface area (Å²) in [6.45, 7) is 1.98. The van der Waals surface area contributed by atoms with Gasteiger partial charge in [0, 0.05) is 23.7 Å². The third-order valence-corrected chi connectivity index (χ3v) is 3.63. The number of nitrogens with zero attached hydrogens (tertiary/aromatic N) is 1. The molecule has 0 aliphatic carbocycles. The van der Waals surface area contributed by atoms with E-state index in [1.54, 1.807) is 24.4 Å². The van der Waals surface area contributed by atoms with Crippen molar-refractivity contribution in [3.63, 3.8) is 0 Å². The van der Waals surface area contributed by atoms with E-state index in [4.69, 9.17) is 0 Å². The van der Waals surface area contributed by atoms with Crippen molar-refractivity contribution in [1.82, 2.24) is 9.97 Å². The number of carbonyl (C=O) groups is 1. The Morgan fingerprint density at radius 3 is 2.87 bits per heavy atom. The number of benzene rings is 1. The van der Waals surface area contributed by atoms with Crippen LogP contribution in [-0.2, 0) is 11.2 Å². The van der Waals surface area contributed by atoms with Crippen molar-refractivity contribution in [3.05, 3.63) is 70.1 Å². The first-order valence-electron chi connectivity index (χ1n) is 7.45. The standard InChI is InChI=1S/C18H17N3O2/c1-12-5-6-13-11-14(18(23)20-15(13)10-12)7-8-17(22)21-16-4-2-3-9-19-16/h2-6,9-11H,7-8H2,1H3,(H,20,23)(H,19,21,22). The van der Waals surface area contributed by atoms with Crippen LogP contribution in [0.2, 0.25) is 0 Å². The lowest BCUT2D eigenvalue weighted by molar-refractivity contribution is -0.116. The minimum absolute atomic E-state index is 0.145. The summed E-state index contributed by atoms with van der Waals surface area (Å²) in [5.74, 6) is 0.354. The van der Waals surface area contributed by atoms with Gasteiger partial charge in [-0.05, 0) is 48.6 Å². The molecule has 5 heteroatoms. The van der Waals surface area contributed by atoms with Gasteiger partial charge in [0.15, 0.2) is 0 Å². The molecular formula is C18H17N3O2. The molecule has 1 aromatic carbocycles. The highest BCUT2D eigenvalue weighted by molar-refractivity contribution is 5.90. The molecule has 2 aromatic heterocycles. The minimum Gasteiger partial charge on any atom is -0.322 e. The van der Waals surface area contributed by atoms with Crippen LogP contribution in [0.5, 0.6) is 0 Å². The van der Waals surface area contributed by atoms with Crippen molar-refractivity contribution in [3.8, 4) is 0 Å². The van der Waals surface area contributed by atoms with Gasteiger partial charge in [-0.1, -0.05) is 18.2 Å². The van der Waals surface area contributed by atoms with Crippen LogP contribution in [0.25, 0.3) is 10.9 Å². The highest BCUT2D eigenvalue weighted by Gasteiger charge is 2.07. The van der Waals surface area contributed by atoms with Gasteiger partial charge in [-0.25, -0.2) is 4.98 Å². The molecule has 0 atom stereocenters. The molecule has 0 spiro atoms. The summed E-state index contributed by atoms with van der Waals surface area (Å²) in [4.78, 5) is 31.0. The fourth-order valence-electron chi connectivity index (χ4n) is 2.44. The fraction of sp³-hybridized carbons (Fsp3) is 0.167. The number of carbonyl (C=O) groups excluding carboxylic acids is 1. The lowest BCUT2D eigenvalue weighted by Crippen LogP contribution is -2.17. The molecule has 0 fully saturated rings. The first kappa shape index (κ1) is 15.0. The molecule has 1 amide bonds. The number of nitrogens with one attached hydrogen (secondary N) is 2. The third-order valence-electron chi connectivity index (χ3n) is 3.63. The number of aromatic nitrogens is 2. The van der Waals surface area contributed by atoms with E-state index in [1.165, 1.54) is 0 Å². The Morgan fingerprint density at radius 1 is 1.22 bits per heavy atom. The Bertz CT molecular complexity index is 901. The number of hydrogen-bond donors (Lipinski definition) is 2. The van der Waals surface area contributed by atoms with Crippen molar-refractivity contribution in [2.45, 2.75) is 19.8 Å². The van der Waals surface area contributed by atoms with Crippen LogP contribution in [0.4, 0.5) is 5.82 Å². The molecule has 23 heavy (non-hydrogen) atoms. The van der Waals surface area contributed by atoms with Crippen LogP contribution in [0.15, 0.2) is 53.5 Å². The minimum atomic E-state index is -0.160. The number of amides is 1. The smallest absolute Gasteiger partial charge is 0.251 e. The van der Waals surface area contributed by atoms with Crippen LogP contribution >= 0.6 is 0 Å². The summed E-state index contributed by atoms with van der Waals surface area (Å²) >= 11 is 0. The average molecular weight is 307 g/mol. The monoisotopic (exact) mass is 307 g/mol. The molecule has 5 nitrogen and oxygen atoms in total. The molecule has 0 saturated carbocycles. The van der Waals surface area contributed by atoms with Crippen LogP contribution in [-0.4, -0.2) is 15.9 Å². The maximum Gasteiger partial charge on any atom is 0.251 e. The number of rotatable bonds is 4. The van der Waals surface area contributed by atoms with Crippen molar-refractivity contribution in [1.29, 1.82) is 0 Å². The third kappa shape index (κ3) is 3.63. The number of aromatic amines is 1. The first-order valence-corrected chi connectivity index (χ1v) is 7.45. The largest absolute Gasteiger partial charge is 0.322 e. The van der Waals surface area contributed by atoms with Gasteiger partial charge in [-0.15, -0.1) is 0 Å². The highest BCUT2D eigenvalue weighted by atomic mass is 16.1. The fourth-order valence-corrected chi connectivity index (χ4v) is 2.44. The molecule has 2 heterocycles. The van der Waals surface area contributed by atoms with Crippen LogP contribution in [0.1, 0.15) is 17.5 Å². The van der Waals surface area contributed by atoms with Gasteiger partial charge < -0.3 is 10.3 Å². The van der Waals surface area contributed by atoms with E-state index in [0.29, 0.717) is 17.8 Å². The van der Waals surface area contributed by atoms with Crippen molar-refractivity contribution >= 4 is 22.6 Å². The first-order chi connectivity index (χ1) is 11.1. The molecule has 0 unspecified atom stereocenters. The van der Waals surface area contributed by atoms with E-state index < -0.39 is 0 Å². The zero-order chi connectivity index (χ0) is 16.2. The number of anilines is 1. The van der Waals surface area contributed by atoms with Crippen LogP contribution < -0.4 is 10.9 Å². The van der Waals surface area contributed by atoms with E-state index in [9.17, 15) is 9.59 Å². The lowest BCUT2D eigenvalue weighted by Gasteiger charge is -2.05. The molecule has 3 aromatic rings. The Kier molecular flexibility index (Phi) is 4.19. The van der Waals surface area contributed by atoms with Gasteiger partial charge in [-0.2, -0.15) is 0 Å². The SMILES string of the molecule is Cc1ccc2cc(CCC(=O)Nc3ccccn3)c(=O)[nH]c2c1. The topological polar surface area (TPSA) is 74.8 Å². The summed E-state index contributed by atoms with van der Waals surface area (Å²) < 4.78 is 0. The Morgan fingerprint density at radius 2 is 2.09 bits per heavy atom. The molecular weight excluding hydrogens is 290 g/mol. The molecule has 0 aliphatic heterocycles. The molecule has 0 bridgehead atoms. The summed E-state index contributed by atoms with van der Waals surface area (Å²) in [6.07, 6.45) is 2.24. The predicted octanol–water partition coefficient (Wildman–Crippen LogP) is 2.80. The Balaban J connectivity index is 1.71. The number of hydrogen-bond acceptors (Lipinski definition) is 3. The van der Waals surface area contributed by atoms with E-state index in [1.807, 2.05) is 31.2 Å². The van der Waals surface area contributed by atoms with E-state index >= 15 is 0 Å². The summed E-state index contributed by atoms with van der Waals surface area (Å²) in [5.41, 5.74) is 2.37. The summed E-state index contributed by atoms with van der Waals surface area (Å²) in [5, 5.41) is 3.68. The van der Waals surface area contributed by atoms with E-state index in [2.05, 4.69) is 15.3 Å². The predicted molar refractivity (Wildman–Crippen MR) is 90.5 cm³/mol. The number of pyridine rings is 2. The van der Waals surface area contributed by atoms with Gasteiger partial charge in [-0.3, -0.25) is 9.59 Å². The van der Waals surface area contributed by atoms with Crippen molar-refractivity contribution in [2.24, 2.45) is 0 Å². The molecule has 0 saturated heterocycles. The van der Waals surface area contributed by atoms with E-state index in [0.717, 1.165) is 16.5 Å². The molecule has 3 rings (SSSR count). The zero-order valence-electron chi connectivity index (χ0n) is 12.8.